The van der Waals surface area contributed by atoms with Crippen LogP contribution in [0.4, 0.5) is 26.3 Å². The van der Waals surface area contributed by atoms with Gasteiger partial charge >= 0.3 is 36.2 Å². The smallest absolute Gasteiger partial charge is 0.413 e. The Morgan fingerprint density at radius 3 is 1.33 bits per heavy atom. The standard InChI is InChI=1S/C13H18O8S.2C9H12O6S.2C8H9F3O4S.2C8H9NO4S.2C8H12O4S/c1-7-11-13(6-19-9(3)15)10(22(16,17)20-11)4-12(7,21-13)5-18-8(2)14;1-4-5-3-9(8(10)13-2)7(14-5)6(4)15-16(9,11)12;1-3-5-4(9(10)13-2)8-7(14-5)6(3)15-16(8,11)12;1-3-4-2-7(8(9,10)11)6(14-4)5(3)15-16(7,12)13;1-2-4-3(8(9,10)11)7-6(14-4)5(2)15-16(7,12)13;1-4-5-2-8(3-9)7(12-5)6(4)13-14(8,10)11;1-3-5-4(2-9)8-7(12-5)6(3)13-14(8,10)11;1-4-5-3-8(2)7(11-5)6(4)12-13(8,9)10;1-3-5-4(2)8-7(11-5)6(3)12-13(8,9)10/h7,10-11H,4-6H2,1-3H3;4-7H,3H2,1-2H3;3-8H,1-2H3;3-6H,2H2,1H3;2-7H,1H3;4-7H,2H2,1H3;3-8H,1H3;4-7H,3H2,1-2H3;3-8H,1-2H3. The highest BCUT2D eigenvalue weighted by atomic mass is 32.3. The summed E-state index contributed by atoms with van der Waals surface area (Å²) in [5.41, 5.74) is -2.14. The number of fused-ring (bicyclic) bond motifs is 9. The van der Waals surface area contributed by atoms with Crippen molar-refractivity contribution in [3.63, 3.8) is 0 Å². The average molecular weight is 2190 g/mol. The third-order valence-electron chi connectivity index (χ3n) is 34.4. The number of esters is 4. The van der Waals surface area contributed by atoms with E-state index in [1.54, 1.807) is 20.8 Å². The lowest BCUT2D eigenvalue weighted by Gasteiger charge is -2.31. The first-order chi connectivity index (χ1) is 64.5. The molecular formula is C79H102F6N2O44S9. The molecule has 0 saturated carbocycles. The molecule has 27 rings (SSSR count). The van der Waals surface area contributed by atoms with Gasteiger partial charge in [-0.25, -0.2) is 0 Å². The normalized spacial score (nSPS) is 54.0. The van der Waals surface area contributed by atoms with E-state index < -0.39 is 305 Å². The van der Waals surface area contributed by atoms with Gasteiger partial charge in [-0.15, -0.1) is 0 Å². The number of halogens is 6. The Morgan fingerprint density at radius 2 is 0.814 bits per heavy atom. The van der Waals surface area contributed by atoms with E-state index in [0.717, 1.165) is 0 Å². The van der Waals surface area contributed by atoms with E-state index in [4.69, 9.17) is 96.1 Å². The summed E-state index contributed by atoms with van der Waals surface area (Å²) in [4.78, 5) is 45.5. The van der Waals surface area contributed by atoms with Crippen molar-refractivity contribution in [2.24, 2.45) is 76.9 Å². The Bertz CT molecular complexity index is 6380. The molecule has 0 radical (unpaired) electrons. The van der Waals surface area contributed by atoms with Gasteiger partial charge in [-0.05, 0) is 13.3 Å². The van der Waals surface area contributed by atoms with Crippen molar-refractivity contribution in [3.8, 4) is 12.1 Å². The highest BCUT2D eigenvalue weighted by Gasteiger charge is 2.86. The summed E-state index contributed by atoms with van der Waals surface area (Å²) in [6.07, 6.45) is -21.1. The summed E-state index contributed by atoms with van der Waals surface area (Å²) < 4.78 is 395. The molecule has 0 amide bonds. The maximum Gasteiger partial charge on any atom is 0.413 e. The minimum atomic E-state index is -4.85. The number of alkyl halides is 6. The van der Waals surface area contributed by atoms with Crippen LogP contribution < -0.4 is 0 Å². The third-order valence-corrected chi connectivity index (χ3v) is 50.9. The van der Waals surface area contributed by atoms with Crippen LogP contribution in [0.1, 0.15) is 122 Å². The number of carbonyl (C=O) groups is 4. The van der Waals surface area contributed by atoms with E-state index >= 15 is 0 Å². The van der Waals surface area contributed by atoms with Crippen LogP contribution in [0.15, 0.2) is 0 Å². The van der Waals surface area contributed by atoms with Gasteiger partial charge in [0.25, 0.3) is 91.1 Å². The van der Waals surface area contributed by atoms with Crippen LogP contribution in [0, 0.1) is 99.6 Å². The molecule has 49 atom stereocenters. The molecule has 46 nitrogen and oxygen atoms in total. The number of rotatable bonds is 6. The van der Waals surface area contributed by atoms with Gasteiger partial charge in [-0.1, -0.05) is 69.2 Å². The maximum atomic E-state index is 13.0. The van der Waals surface area contributed by atoms with E-state index in [-0.39, 0.29) is 147 Å². The van der Waals surface area contributed by atoms with Gasteiger partial charge in [-0.3, -0.25) is 56.8 Å². The van der Waals surface area contributed by atoms with Crippen molar-refractivity contribution in [2.45, 2.75) is 344 Å². The third kappa shape index (κ3) is 14.2. The first-order valence-electron chi connectivity index (χ1n) is 45.2. The summed E-state index contributed by atoms with van der Waals surface area (Å²) in [7, 11) is -31.8. The number of ether oxygens (including phenoxy) is 13. The Morgan fingerprint density at radius 1 is 0.386 bits per heavy atom. The van der Waals surface area contributed by atoms with E-state index in [1.165, 1.54) is 35.0 Å². The quantitative estimate of drug-likeness (QED) is 0.144. The molecule has 0 spiro atoms. The molecule has 18 bridgehead atoms. The summed E-state index contributed by atoms with van der Waals surface area (Å²) in [5, 5.41) is 13.4. The minimum absolute atomic E-state index is 0.0000520. The molecular weight excluding hydrogens is 2080 g/mol. The Labute approximate surface area is 801 Å². The van der Waals surface area contributed by atoms with Crippen LogP contribution in [-0.2, 0) is 209 Å². The average Bonchev–Trinajstić information content (AvgIpc) is 1.49. The zero-order valence-corrected chi connectivity index (χ0v) is 83.9. The molecule has 27 fully saturated rings. The molecule has 788 valence electrons. The summed E-state index contributed by atoms with van der Waals surface area (Å²) in [6.45, 7) is 22.4. The van der Waals surface area contributed by atoms with Crippen LogP contribution in [0.3, 0.4) is 0 Å². The van der Waals surface area contributed by atoms with E-state index in [9.17, 15) is 121 Å². The Hall–Kier alpha value is -4.73. The van der Waals surface area contributed by atoms with Gasteiger partial charge in [-0.2, -0.15) is 113 Å². The van der Waals surface area contributed by atoms with Gasteiger partial charge in [0.15, 0.2) is 0 Å². The maximum absolute atomic E-state index is 13.0. The first-order valence-corrected chi connectivity index (χ1v) is 58.2. The monoisotopic (exact) mass is 2180 g/mol. The molecule has 0 N–H and O–H groups in total. The zero-order valence-electron chi connectivity index (χ0n) is 76.6. The number of carbonyl (C=O) groups excluding carboxylic acids is 4. The molecule has 140 heavy (non-hydrogen) atoms. The second kappa shape index (κ2) is 32.9. The molecule has 49 unspecified atom stereocenters. The molecule has 0 aromatic carbocycles. The van der Waals surface area contributed by atoms with Crippen LogP contribution in [0.2, 0.25) is 0 Å². The fourth-order valence-electron chi connectivity index (χ4n) is 27.0. The van der Waals surface area contributed by atoms with Crippen LogP contribution in [-0.4, -0.2) is 348 Å². The molecule has 27 aliphatic heterocycles. The van der Waals surface area contributed by atoms with Crippen molar-refractivity contribution in [3.05, 3.63) is 0 Å². The molecule has 0 aromatic rings. The summed E-state index contributed by atoms with van der Waals surface area (Å²) in [5.74, 6) is -6.20. The Kier molecular flexibility index (Phi) is 24.4. The summed E-state index contributed by atoms with van der Waals surface area (Å²) >= 11 is 0. The minimum Gasteiger partial charge on any atom is -0.469 e. The largest absolute Gasteiger partial charge is 0.469 e. The van der Waals surface area contributed by atoms with Gasteiger partial charge in [0.1, 0.15) is 171 Å². The van der Waals surface area contributed by atoms with E-state index in [1.807, 2.05) is 60.6 Å². The molecule has 0 aromatic heterocycles. The predicted molar refractivity (Wildman–Crippen MR) is 441 cm³/mol. The van der Waals surface area contributed by atoms with Gasteiger partial charge in [0, 0.05) is 98.7 Å². The fourth-order valence-corrected chi connectivity index (χ4v) is 43.7. The van der Waals surface area contributed by atoms with Crippen LogP contribution in [0.5, 0.6) is 0 Å². The van der Waals surface area contributed by atoms with Crippen LogP contribution in [0.25, 0.3) is 0 Å². The number of hydrogen-bond acceptors (Lipinski definition) is 46. The second-order valence-electron chi connectivity index (χ2n) is 41.4. The number of methoxy groups -OCH3 is 2. The van der Waals surface area contributed by atoms with E-state index in [2.05, 4.69) is 13.7 Å². The first kappa shape index (κ1) is 104. The predicted octanol–water partition coefficient (Wildman–Crippen LogP) is -0.173. The molecule has 27 aliphatic rings. The highest BCUT2D eigenvalue weighted by molar-refractivity contribution is 7.90. The van der Waals surface area contributed by atoms with Crippen molar-refractivity contribution < 1.29 is 221 Å². The topological polar surface area (TPSA) is 626 Å². The SMILES string of the molecule is CC(=O)OCC12CC3C(COC(C)=O)(O1)C(OS3(=O)=O)C2C.CC1C2CC3(C#N)C(O2)C1OS3(=O)=O.CC1C2CC3(C(F)(F)F)C(O2)C1OS3(=O)=O.CC1C2CC3(C)C(O2)C1OS3(=O)=O.CC1C2OC3C1OS(=O)(=O)C3C2C.CC1C2OC3C1OS(=O)(=O)C3C2C#N.CC1C2OS(=O)(=O)C3C2OC1C3C(F)(F)F.COC(=O)C12CC3OC1C(OS2(=O)=O)C3C.COC(=O)C1C2OC3C(OS(=O)(=O)C31)C2C. The van der Waals surface area contributed by atoms with Crippen LogP contribution >= 0.6 is 0 Å². The van der Waals surface area contributed by atoms with Gasteiger partial charge in [0.2, 0.25) is 14.2 Å². The zero-order chi connectivity index (χ0) is 103. The van der Waals surface area contributed by atoms with E-state index in [0.29, 0.717) is 6.42 Å². The molecule has 27 heterocycles. The number of nitrogens with zero attached hydrogens (tertiary/aromatic N) is 2. The number of hydrogen-bond donors (Lipinski definition) is 0. The van der Waals surface area contributed by atoms with Crippen molar-refractivity contribution in [1.29, 1.82) is 10.5 Å². The summed E-state index contributed by atoms with van der Waals surface area (Å²) in [6, 6.07) is 3.90. The second-order valence-corrected chi connectivity index (χ2v) is 57.5. The lowest BCUT2D eigenvalue weighted by Crippen LogP contribution is -2.56. The highest BCUT2D eigenvalue weighted by Crippen LogP contribution is 2.67. The van der Waals surface area contributed by atoms with Crippen molar-refractivity contribution in [1.82, 2.24) is 0 Å². The lowest BCUT2D eigenvalue weighted by atomic mass is 9.73. The van der Waals surface area contributed by atoms with Gasteiger partial charge < -0.3 is 61.6 Å². The van der Waals surface area contributed by atoms with Gasteiger partial charge in [0.05, 0.1) is 81.1 Å². The Balaban J connectivity index is 0.000000101. The molecule has 61 heteroatoms. The fraction of sp³-hybridized carbons (Fsp3) is 0.924. The van der Waals surface area contributed by atoms with Crippen molar-refractivity contribution >= 4 is 115 Å². The molecule has 27 saturated heterocycles. The van der Waals surface area contributed by atoms with Crippen molar-refractivity contribution in [2.75, 3.05) is 27.4 Å². The number of nitriles is 2. The lowest BCUT2D eigenvalue weighted by molar-refractivity contribution is -0.189. The molecule has 0 aliphatic carbocycles.